The second-order valence-electron chi connectivity index (χ2n) is 9.53. The van der Waals surface area contributed by atoms with Crippen LogP contribution in [0, 0.1) is 12.3 Å². The number of methoxy groups -OCH3 is 1. The second-order valence-corrected chi connectivity index (χ2v) is 9.53. The molecular formula is C26H43N3O3. The van der Waals surface area contributed by atoms with Gasteiger partial charge in [-0.3, -0.25) is 4.99 Å². The lowest BCUT2D eigenvalue weighted by atomic mass is 9.73. The van der Waals surface area contributed by atoms with Gasteiger partial charge < -0.3 is 24.8 Å². The van der Waals surface area contributed by atoms with Crippen molar-refractivity contribution in [2.75, 3.05) is 53.7 Å². The van der Waals surface area contributed by atoms with Crippen molar-refractivity contribution >= 4 is 5.96 Å². The van der Waals surface area contributed by atoms with Crippen LogP contribution in [0.3, 0.4) is 0 Å². The summed E-state index contributed by atoms with van der Waals surface area (Å²) in [6.07, 6.45) is 8.22. The molecule has 0 aromatic heterocycles. The van der Waals surface area contributed by atoms with Crippen LogP contribution in [0.5, 0.6) is 5.75 Å². The van der Waals surface area contributed by atoms with E-state index in [-0.39, 0.29) is 5.41 Å². The maximum Gasteiger partial charge on any atom is 0.191 e. The number of hydrogen-bond donors (Lipinski definition) is 2. The van der Waals surface area contributed by atoms with Gasteiger partial charge in [0.25, 0.3) is 0 Å². The number of nitrogens with zero attached hydrogens (tertiary/aromatic N) is 1. The first-order valence-corrected chi connectivity index (χ1v) is 12.3. The van der Waals surface area contributed by atoms with Gasteiger partial charge in [0.1, 0.15) is 5.75 Å². The molecule has 1 saturated carbocycles. The third-order valence-corrected chi connectivity index (χ3v) is 7.47. The van der Waals surface area contributed by atoms with Crippen molar-refractivity contribution in [1.82, 2.24) is 10.6 Å². The van der Waals surface area contributed by atoms with Crippen molar-refractivity contribution in [3.63, 3.8) is 0 Å². The molecule has 1 aromatic rings. The zero-order valence-corrected chi connectivity index (χ0v) is 20.6. The highest BCUT2D eigenvalue weighted by Crippen LogP contribution is 2.41. The average Bonchev–Trinajstić information content (AvgIpc) is 3.29. The monoisotopic (exact) mass is 445 g/mol. The van der Waals surface area contributed by atoms with Gasteiger partial charge >= 0.3 is 0 Å². The van der Waals surface area contributed by atoms with Gasteiger partial charge in [-0.2, -0.15) is 0 Å². The molecule has 2 aliphatic rings. The highest BCUT2D eigenvalue weighted by atomic mass is 16.5. The Hall–Kier alpha value is -1.79. The normalized spacial score (nSPS) is 20.2. The maximum atomic E-state index is 5.76. The van der Waals surface area contributed by atoms with Crippen LogP contribution in [0.1, 0.15) is 63.0 Å². The number of rotatable bonds is 10. The van der Waals surface area contributed by atoms with Crippen molar-refractivity contribution < 1.29 is 14.2 Å². The number of guanidine groups is 1. The molecule has 0 atom stereocenters. The molecule has 1 aliphatic carbocycles. The summed E-state index contributed by atoms with van der Waals surface area (Å²) in [5.41, 5.74) is 2.82. The zero-order chi connectivity index (χ0) is 22.9. The SMILES string of the molecule is CCOCCC1(CNC(=NC)NCC2(c3cc(C)ccc3OC)CCOCC2)CCCC1. The van der Waals surface area contributed by atoms with Gasteiger partial charge in [-0.25, -0.2) is 0 Å². The number of benzene rings is 1. The molecule has 180 valence electrons. The molecule has 1 heterocycles. The Bertz CT molecular complexity index is 738. The third kappa shape index (κ3) is 6.16. The van der Waals surface area contributed by atoms with Crippen LogP contribution in [0.15, 0.2) is 23.2 Å². The summed E-state index contributed by atoms with van der Waals surface area (Å²) in [6.45, 7) is 9.15. The maximum absolute atomic E-state index is 5.76. The number of aliphatic imine (C=N–C) groups is 1. The van der Waals surface area contributed by atoms with Crippen LogP contribution in [-0.2, 0) is 14.9 Å². The molecule has 2 fully saturated rings. The Balaban J connectivity index is 1.68. The standard InChI is InChI=1S/C26H43N3O3/c1-5-31-15-12-25(10-6-7-11-25)19-28-24(27-3)29-20-26(13-16-32-17-14-26)22-18-21(2)8-9-23(22)30-4/h8-9,18H,5-7,10-17,19-20H2,1-4H3,(H2,27,28,29). The number of nitrogens with one attached hydrogen (secondary N) is 2. The molecule has 0 bridgehead atoms. The Kier molecular flexibility index (Phi) is 9.23. The van der Waals surface area contributed by atoms with E-state index in [1.54, 1.807) is 7.11 Å². The summed E-state index contributed by atoms with van der Waals surface area (Å²) in [4.78, 5) is 4.55. The van der Waals surface area contributed by atoms with Gasteiger partial charge in [0.15, 0.2) is 5.96 Å². The smallest absolute Gasteiger partial charge is 0.191 e. The Morgan fingerprint density at radius 1 is 1.09 bits per heavy atom. The van der Waals surface area contributed by atoms with Crippen LogP contribution < -0.4 is 15.4 Å². The van der Waals surface area contributed by atoms with E-state index in [2.05, 4.69) is 47.7 Å². The Labute approximate surface area is 194 Å². The predicted octanol–water partition coefficient (Wildman–Crippen LogP) is 4.20. The highest BCUT2D eigenvalue weighted by Gasteiger charge is 2.38. The lowest BCUT2D eigenvalue weighted by Crippen LogP contribution is -2.50. The minimum atomic E-state index is -0.0345. The molecule has 0 radical (unpaired) electrons. The molecule has 6 nitrogen and oxygen atoms in total. The fourth-order valence-corrected chi connectivity index (χ4v) is 5.36. The van der Waals surface area contributed by atoms with E-state index in [0.717, 1.165) is 70.5 Å². The second kappa shape index (κ2) is 11.9. The van der Waals surface area contributed by atoms with Crippen LogP contribution in [0.4, 0.5) is 0 Å². The van der Waals surface area contributed by atoms with E-state index in [1.165, 1.54) is 36.8 Å². The molecule has 0 unspecified atom stereocenters. The summed E-state index contributed by atoms with van der Waals surface area (Å²) in [6, 6.07) is 6.49. The molecule has 0 spiro atoms. The van der Waals surface area contributed by atoms with Gasteiger partial charge in [-0.05, 0) is 57.4 Å². The summed E-state index contributed by atoms with van der Waals surface area (Å²) >= 11 is 0. The van der Waals surface area contributed by atoms with E-state index in [4.69, 9.17) is 14.2 Å². The van der Waals surface area contributed by atoms with Gasteiger partial charge in [0.2, 0.25) is 0 Å². The molecule has 2 N–H and O–H groups in total. The van der Waals surface area contributed by atoms with Crippen molar-refractivity contribution in [2.45, 2.75) is 64.2 Å². The fraction of sp³-hybridized carbons (Fsp3) is 0.731. The largest absolute Gasteiger partial charge is 0.496 e. The van der Waals surface area contributed by atoms with Crippen LogP contribution in [0.25, 0.3) is 0 Å². The van der Waals surface area contributed by atoms with Crippen LogP contribution in [0.2, 0.25) is 0 Å². The highest BCUT2D eigenvalue weighted by molar-refractivity contribution is 5.79. The number of ether oxygens (including phenoxy) is 3. The molecule has 32 heavy (non-hydrogen) atoms. The molecule has 6 heteroatoms. The van der Waals surface area contributed by atoms with E-state index in [0.29, 0.717) is 5.41 Å². The van der Waals surface area contributed by atoms with Crippen molar-refractivity contribution in [3.05, 3.63) is 29.3 Å². The average molecular weight is 446 g/mol. The first-order chi connectivity index (χ1) is 15.6. The van der Waals surface area contributed by atoms with Gasteiger partial charge in [-0.15, -0.1) is 0 Å². The van der Waals surface area contributed by atoms with Crippen molar-refractivity contribution in [3.8, 4) is 5.75 Å². The minimum Gasteiger partial charge on any atom is -0.496 e. The topological polar surface area (TPSA) is 64.1 Å². The summed E-state index contributed by atoms with van der Waals surface area (Å²) in [5.74, 6) is 1.84. The number of hydrogen-bond acceptors (Lipinski definition) is 4. The predicted molar refractivity (Wildman–Crippen MR) is 131 cm³/mol. The van der Waals surface area contributed by atoms with E-state index in [9.17, 15) is 0 Å². The van der Waals surface area contributed by atoms with Crippen molar-refractivity contribution in [2.24, 2.45) is 10.4 Å². The van der Waals surface area contributed by atoms with E-state index >= 15 is 0 Å². The zero-order valence-electron chi connectivity index (χ0n) is 20.6. The summed E-state index contributed by atoms with van der Waals surface area (Å²) in [7, 11) is 3.62. The summed E-state index contributed by atoms with van der Waals surface area (Å²) < 4.78 is 17.2. The first-order valence-electron chi connectivity index (χ1n) is 12.3. The molecule has 0 amide bonds. The van der Waals surface area contributed by atoms with Gasteiger partial charge in [-0.1, -0.05) is 30.5 Å². The quantitative estimate of drug-likeness (QED) is 0.321. The molecular weight excluding hydrogens is 402 g/mol. The Morgan fingerprint density at radius 2 is 1.81 bits per heavy atom. The lowest BCUT2D eigenvalue weighted by Gasteiger charge is -2.39. The molecule has 1 saturated heterocycles. The number of aryl methyl sites for hydroxylation is 1. The van der Waals surface area contributed by atoms with E-state index < -0.39 is 0 Å². The summed E-state index contributed by atoms with van der Waals surface area (Å²) in [5, 5.41) is 7.30. The molecule has 3 rings (SSSR count). The van der Waals surface area contributed by atoms with E-state index in [1.807, 2.05) is 7.05 Å². The van der Waals surface area contributed by atoms with Gasteiger partial charge in [0, 0.05) is 57.5 Å². The van der Waals surface area contributed by atoms with Gasteiger partial charge in [0.05, 0.1) is 7.11 Å². The molecule has 1 aromatic carbocycles. The third-order valence-electron chi connectivity index (χ3n) is 7.47. The minimum absolute atomic E-state index is 0.0345. The lowest BCUT2D eigenvalue weighted by molar-refractivity contribution is 0.0505. The molecule has 1 aliphatic heterocycles. The first kappa shape index (κ1) is 24.8. The fourth-order valence-electron chi connectivity index (χ4n) is 5.36. The van der Waals surface area contributed by atoms with Crippen LogP contribution in [-0.4, -0.2) is 59.6 Å². The van der Waals surface area contributed by atoms with Crippen molar-refractivity contribution in [1.29, 1.82) is 0 Å². The van der Waals surface area contributed by atoms with Crippen LogP contribution >= 0.6 is 0 Å². The Morgan fingerprint density at radius 3 is 2.47 bits per heavy atom.